The maximum absolute atomic E-state index is 14.3. The van der Waals surface area contributed by atoms with Gasteiger partial charge in [0.05, 0.1) is 6.54 Å². The van der Waals surface area contributed by atoms with Gasteiger partial charge in [0.15, 0.2) is 0 Å². The van der Waals surface area contributed by atoms with Crippen molar-refractivity contribution < 1.29 is 20.5 Å². The molecule has 0 saturated carbocycles. The summed E-state index contributed by atoms with van der Waals surface area (Å²) >= 11 is 0. The Hall–Kier alpha value is -6.22. The first kappa shape index (κ1) is 32.2. The number of nitrogens with zero attached hydrogens (tertiary/aromatic N) is 1. The molecule has 47 heavy (non-hydrogen) atoms. The molecule has 0 aliphatic rings. The van der Waals surface area contributed by atoms with E-state index in [1.54, 1.807) is 24.3 Å². The highest BCUT2D eigenvalue weighted by Gasteiger charge is 2.31. The summed E-state index contributed by atoms with van der Waals surface area (Å²) in [5.41, 5.74) is 15.4. The van der Waals surface area contributed by atoms with Gasteiger partial charge >= 0.3 is 0 Å². The number of benzene rings is 5. The van der Waals surface area contributed by atoms with Crippen molar-refractivity contribution in [1.29, 1.82) is 5.41 Å². The lowest BCUT2D eigenvalue weighted by molar-refractivity contribution is -0.128. The molecule has 9 heteroatoms. The third kappa shape index (κ3) is 8.70. The molecule has 0 fully saturated rings. The summed E-state index contributed by atoms with van der Waals surface area (Å²) in [4.78, 5) is 41.1. The van der Waals surface area contributed by atoms with Crippen molar-refractivity contribution in [2.75, 3.05) is 6.54 Å². The molecule has 0 aliphatic carbocycles. The number of nitrogens with one attached hydrogen (secondary N) is 2. The van der Waals surface area contributed by atoms with E-state index in [-0.39, 0.29) is 26.8 Å². The smallest absolute Gasteiger partial charge is 0.254 e. The maximum atomic E-state index is 14.3. The summed E-state index contributed by atoms with van der Waals surface area (Å²) in [6, 6.07) is 39.7. The number of carbonyl (C=O) groups excluding carboxylic acids is 3. The number of amidine groups is 1. The molecule has 0 saturated heterocycles. The van der Waals surface area contributed by atoms with Crippen LogP contribution in [0.25, 0.3) is 11.1 Å². The van der Waals surface area contributed by atoms with E-state index in [2.05, 4.69) is 5.32 Å². The van der Waals surface area contributed by atoms with E-state index < -0.39 is 23.8 Å². The first-order valence-corrected chi connectivity index (χ1v) is 15.0. The van der Waals surface area contributed by atoms with Crippen molar-refractivity contribution >= 4 is 23.6 Å². The minimum atomic E-state index is -1.02. The average Bonchev–Trinajstić information content (AvgIpc) is 3.09. The van der Waals surface area contributed by atoms with Gasteiger partial charge in [-0.1, -0.05) is 97.1 Å². The number of para-hydroxylation sites is 1. The van der Waals surface area contributed by atoms with Gasteiger partial charge in [-0.3, -0.25) is 19.8 Å². The molecule has 1 atom stereocenters. The van der Waals surface area contributed by atoms with Crippen LogP contribution in [0.2, 0.25) is 0 Å². The molecule has 1 unspecified atom stereocenters. The fourth-order valence-electron chi connectivity index (χ4n) is 5.13. The Morgan fingerprint density at radius 3 is 1.94 bits per heavy atom. The number of rotatable bonds is 13. The van der Waals surface area contributed by atoms with Gasteiger partial charge < -0.3 is 26.4 Å². The Morgan fingerprint density at radius 2 is 1.30 bits per heavy atom. The number of primary amides is 1. The standard InChI is InChI=1S/C38H35N5O4.H2/c39-35(44)24-42-37(45)34(23-26-14-16-29(17-15-26)28-9-3-1-4-10-28)43(38(46)31-20-18-30(19-21-31)36(40)41)25-27-8-7-13-33(22-27)47-32-11-5-2-6-12-32;/h1-22,34H,23-25H2,(H2,39,44)(H3,40,41)(H,42,45);1H. The third-order valence-electron chi connectivity index (χ3n) is 7.54. The first-order chi connectivity index (χ1) is 22.8. The average molecular weight is 628 g/mol. The predicted molar refractivity (Wildman–Crippen MR) is 184 cm³/mol. The minimum absolute atomic E-state index is 0. The largest absolute Gasteiger partial charge is 0.457 e. The van der Waals surface area contributed by atoms with Gasteiger partial charge in [-0.15, -0.1) is 0 Å². The van der Waals surface area contributed by atoms with Crippen LogP contribution in [0.1, 0.15) is 28.5 Å². The lowest BCUT2D eigenvalue weighted by atomic mass is 9.98. The summed E-state index contributed by atoms with van der Waals surface area (Å²) in [6.45, 7) is -0.325. The zero-order chi connectivity index (χ0) is 33.2. The van der Waals surface area contributed by atoms with Gasteiger partial charge in [-0.25, -0.2) is 0 Å². The van der Waals surface area contributed by atoms with Crippen LogP contribution in [-0.2, 0) is 22.6 Å². The molecule has 6 N–H and O–H groups in total. The second-order valence-electron chi connectivity index (χ2n) is 11.0. The SMILES string of the molecule is N=C(N)c1ccc(C(=O)N(Cc2cccc(Oc3ccccc3)c2)C(Cc2ccc(-c3ccccc3)cc2)C(=O)NCC(N)=O)cc1.[HH]. The van der Waals surface area contributed by atoms with Gasteiger partial charge in [0.2, 0.25) is 11.8 Å². The van der Waals surface area contributed by atoms with E-state index in [0.717, 1.165) is 22.3 Å². The Bertz CT molecular complexity index is 1850. The van der Waals surface area contributed by atoms with Crippen molar-refractivity contribution in [3.8, 4) is 22.6 Å². The molecule has 0 aromatic heterocycles. The van der Waals surface area contributed by atoms with Gasteiger partial charge in [-0.05, 0) is 58.7 Å². The lowest BCUT2D eigenvalue weighted by Crippen LogP contribution is -2.51. The summed E-state index contributed by atoms with van der Waals surface area (Å²) in [5.74, 6) is -0.550. The Morgan fingerprint density at radius 1 is 0.702 bits per heavy atom. The van der Waals surface area contributed by atoms with Crippen molar-refractivity contribution in [2.24, 2.45) is 11.5 Å². The highest BCUT2D eigenvalue weighted by molar-refractivity contribution is 6.00. The highest BCUT2D eigenvalue weighted by Crippen LogP contribution is 2.25. The molecular weight excluding hydrogens is 590 g/mol. The summed E-state index contributed by atoms with van der Waals surface area (Å²) in [5, 5.41) is 10.3. The quantitative estimate of drug-likeness (QED) is 0.0999. The molecule has 5 aromatic carbocycles. The second-order valence-corrected chi connectivity index (χ2v) is 11.0. The third-order valence-corrected chi connectivity index (χ3v) is 7.54. The van der Waals surface area contributed by atoms with Gasteiger partial charge in [0.1, 0.15) is 23.4 Å². The van der Waals surface area contributed by atoms with Crippen LogP contribution in [0.5, 0.6) is 11.5 Å². The van der Waals surface area contributed by atoms with Gasteiger partial charge in [0, 0.05) is 25.5 Å². The van der Waals surface area contributed by atoms with Crippen LogP contribution >= 0.6 is 0 Å². The fraction of sp³-hybridized carbons (Fsp3) is 0.105. The molecule has 0 bridgehead atoms. The number of hydrogen-bond donors (Lipinski definition) is 4. The molecule has 0 aliphatic heterocycles. The summed E-state index contributed by atoms with van der Waals surface area (Å²) < 4.78 is 6.03. The van der Waals surface area contributed by atoms with E-state index in [0.29, 0.717) is 22.6 Å². The molecule has 0 heterocycles. The van der Waals surface area contributed by atoms with Crippen molar-refractivity contribution in [1.82, 2.24) is 10.2 Å². The first-order valence-electron chi connectivity index (χ1n) is 15.0. The molecule has 0 radical (unpaired) electrons. The molecular formula is C38H37N5O4. The predicted octanol–water partition coefficient (Wildman–Crippen LogP) is 5.53. The molecule has 238 valence electrons. The monoisotopic (exact) mass is 627 g/mol. The fourth-order valence-corrected chi connectivity index (χ4v) is 5.13. The number of ether oxygens (including phenoxy) is 1. The molecule has 0 spiro atoms. The van der Waals surface area contributed by atoms with E-state index in [1.807, 2.05) is 109 Å². The van der Waals surface area contributed by atoms with E-state index in [1.165, 1.54) is 4.90 Å². The van der Waals surface area contributed by atoms with Crippen LogP contribution in [0, 0.1) is 5.41 Å². The van der Waals surface area contributed by atoms with E-state index in [9.17, 15) is 14.4 Å². The normalized spacial score (nSPS) is 11.2. The minimum Gasteiger partial charge on any atom is -0.457 e. The zero-order valence-corrected chi connectivity index (χ0v) is 25.6. The van der Waals surface area contributed by atoms with Crippen LogP contribution in [0.15, 0.2) is 133 Å². The van der Waals surface area contributed by atoms with Crippen molar-refractivity contribution in [3.63, 3.8) is 0 Å². The van der Waals surface area contributed by atoms with Crippen molar-refractivity contribution in [2.45, 2.75) is 19.0 Å². The maximum Gasteiger partial charge on any atom is 0.254 e. The second kappa shape index (κ2) is 15.2. The van der Waals surface area contributed by atoms with Crippen LogP contribution in [0.3, 0.4) is 0 Å². The van der Waals surface area contributed by atoms with E-state index >= 15 is 0 Å². The number of hydrogen-bond acceptors (Lipinski definition) is 5. The molecule has 5 aromatic rings. The van der Waals surface area contributed by atoms with Crippen molar-refractivity contribution in [3.05, 3.63) is 156 Å². The Labute approximate surface area is 274 Å². The van der Waals surface area contributed by atoms with Crippen LogP contribution < -0.4 is 21.5 Å². The summed E-state index contributed by atoms with van der Waals surface area (Å²) in [7, 11) is 0. The zero-order valence-electron chi connectivity index (χ0n) is 25.6. The highest BCUT2D eigenvalue weighted by atomic mass is 16.5. The lowest BCUT2D eigenvalue weighted by Gasteiger charge is -2.31. The van der Waals surface area contributed by atoms with Crippen LogP contribution in [-0.4, -0.2) is 41.0 Å². The molecule has 5 rings (SSSR count). The van der Waals surface area contributed by atoms with Crippen LogP contribution in [0.4, 0.5) is 0 Å². The number of carbonyl (C=O) groups is 3. The molecule has 9 nitrogen and oxygen atoms in total. The number of nitrogen functional groups attached to an aromatic ring is 1. The Kier molecular flexibility index (Phi) is 10.4. The number of amides is 3. The summed E-state index contributed by atoms with van der Waals surface area (Å²) in [6.07, 6.45) is 0.164. The topological polar surface area (TPSA) is 152 Å². The van der Waals surface area contributed by atoms with Gasteiger partial charge in [-0.2, -0.15) is 0 Å². The van der Waals surface area contributed by atoms with Gasteiger partial charge in [0.25, 0.3) is 5.91 Å². The number of nitrogens with two attached hydrogens (primary N) is 2. The Balaban J connectivity index is 0.00000520. The van der Waals surface area contributed by atoms with E-state index in [4.69, 9.17) is 21.6 Å². The molecule has 3 amide bonds.